The second kappa shape index (κ2) is 6.09. The number of rotatable bonds is 3. The summed E-state index contributed by atoms with van der Waals surface area (Å²) in [5.74, 6) is 5.65. The van der Waals surface area contributed by atoms with Gasteiger partial charge in [0.2, 0.25) is 10.0 Å². The topological polar surface area (TPSA) is 72.2 Å². The lowest BCUT2D eigenvalue weighted by atomic mass is 10.2. The first kappa shape index (κ1) is 13.9. The second-order valence-corrected chi connectivity index (χ2v) is 6.60. The van der Waals surface area contributed by atoms with Crippen molar-refractivity contribution in [2.45, 2.75) is 30.9 Å². The van der Waals surface area contributed by atoms with Crippen molar-refractivity contribution in [2.75, 3.05) is 11.3 Å². The molecule has 3 N–H and O–H groups in total. The summed E-state index contributed by atoms with van der Waals surface area (Å²) >= 11 is 0. The molecule has 5 heteroatoms. The highest BCUT2D eigenvalue weighted by Gasteiger charge is 2.28. The molecule has 0 unspecified atom stereocenters. The van der Waals surface area contributed by atoms with Crippen LogP contribution in [0.2, 0.25) is 0 Å². The molecule has 1 saturated carbocycles. The van der Waals surface area contributed by atoms with E-state index in [0.717, 1.165) is 31.2 Å². The van der Waals surface area contributed by atoms with Crippen LogP contribution in [0.15, 0.2) is 24.3 Å². The molecule has 0 spiro atoms. The molecule has 4 nitrogen and oxygen atoms in total. The maximum absolute atomic E-state index is 12.1. The van der Waals surface area contributed by atoms with Gasteiger partial charge >= 0.3 is 0 Å². The molecular formula is C14H18N2O2S. The average Bonchev–Trinajstić information content (AvgIpc) is 2.92. The summed E-state index contributed by atoms with van der Waals surface area (Å²) in [6.07, 6.45) is 3.52. The molecule has 0 saturated heterocycles. The molecule has 19 heavy (non-hydrogen) atoms. The molecule has 1 aromatic carbocycles. The maximum Gasteiger partial charge on any atom is 0.235 e. The Kier molecular flexibility index (Phi) is 4.46. The van der Waals surface area contributed by atoms with Crippen LogP contribution in [0.25, 0.3) is 0 Å². The molecule has 0 atom stereocenters. The van der Waals surface area contributed by atoms with E-state index in [9.17, 15) is 8.42 Å². The number of sulfonamides is 1. The molecule has 0 amide bonds. The SMILES string of the molecule is NCC#Cc1ccc(NS(=O)(=O)C2CCCC2)cc1. The van der Waals surface area contributed by atoms with Gasteiger partial charge in [0.15, 0.2) is 0 Å². The van der Waals surface area contributed by atoms with Gasteiger partial charge in [-0.2, -0.15) is 0 Å². The lowest BCUT2D eigenvalue weighted by molar-refractivity contribution is 0.585. The van der Waals surface area contributed by atoms with Crippen LogP contribution in [0, 0.1) is 11.8 Å². The van der Waals surface area contributed by atoms with Crippen molar-refractivity contribution in [3.05, 3.63) is 29.8 Å². The summed E-state index contributed by atoms with van der Waals surface area (Å²) in [5, 5.41) is -0.246. The van der Waals surface area contributed by atoms with Crippen molar-refractivity contribution in [3.63, 3.8) is 0 Å². The third kappa shape index (κ3) is 3.72. The van der Waals surface area contributed by atoms with Crippen LogP contribution >= 0.6 is 0 Å². The number of nitrogens with one attached hydrogen (secondary N) is 1. The minimum absolute atomic E-state index is 0.246. The zero-order chi connectivity index (χ0) is 13.7. The Hall–Kier alpha value is -1.51. The molecule has 0 aliphatic heterocycles. The van der Waals surface area contributed by atoms with Gasteiger partial charge in [-0.25, -0.2) is 8.42 Å². The molecule has 1 aromatic rings. The van der Waals surface area contributed by atoms with E-state index in [-0.39, 0.29) is 5.25 Å². The smallest absolute Gasteiger partial charge is 0.235 e. The molecule has 0 aromatic heterocycles. The van der Waals surface area contributed by atoms with Crippen molar-refractivity contribution in [2.24, 2.45) is 5.73 Å². The highest BCUT2D eigenvalue weighted by molar-refractivity contribution is 7.93. The minimum Gasteiger partial charge on any atom is -0.320 e. The van der Waals surface area contributed by atoms with Crippen molar-refractivity contribution >= 4 is 15.7 Å². The highest BCUT2D eigenvalue weighted by atomic mass is 32.2. The molecule has 1 aliphatic rings. The van der Waals surface area contributed by atoms with E-state index < -0.39 is 10.0 Å². The second-order valence-electron chi connectivity index (χ2n) is 4.64. The fourth-order valence-electron chi connectivity index (χ4n) is 2.22. The number of anilines is 1. The Morgan fingerprint density at radius 2 is 1.84 bits per heavy atom. The monoisotopic (exact) mass is 278 g/mol. The molecule has 2 rings (SSSR count). The zero-order valence-corrected chi connectivity index (χ0v) is 11.5. The minimum atomic E-state index is -3.25. The van der Waals surface area contributed by atoms with E-state index in [2.05, 4.69) is 16.6 Å². The Morgan fingerprint density at radius 3 is 2.42 bits per heavy atom. The summed E-state index contributed by atoms with van der Waals surface area (Å²) in [6.45, 7) is 0.316. The number of hydrogen-bond donors (Lipinski definition) is 2. The van der Waals surface area contributed by atoms with Gasteiger partial charge in [0, 0.05) is 11.3 Å². The van der Waals surface area contributed by atoms with Gasteiger partial charge < -0.3 is 5.73 Å². The van der Waals surface area contributed by atoms with Crippen LogP contribution in [-0.4, -0.2) is 20.2 Å². The number of hydrogen-bond acceptors (Lipinski definition) is 3. The quantitative estimate of drug-likeness (QED) is 0.826. The van der Waals surface area contributed by atoms with Gasteiger partial charge in [0.1, 0.15) is 0 Å². The predicted molar refractivity (Wildman–Crippen MR) is 77.2 cm³/mol. The van der Waals surface area contributed by atoms with Gasteiger partial charge in [-0.3, -0.25) is 4.72 Å². The summed E-state index contributed by atoms with van der Waals surface area (Å²) in [4.78, 5) is 0. The van der Waals surface area contributed by atoms with Gasteiger partial charge in [-0.15, -0.1) is 0 Å². The van der Waals surface area contributed by atoms with Crippen molar-refractivity contribution in [1.82, 2.24) is 0 Å². The Bertz CT molecular complexity index is 576. The van der Waals surface area contributed by atoms with Gasteiger partial charge in [0.25, 0.3) is 0 Å². The average molecular weight is 278 g/mol. The van der Waals surface area contributed by atoms with E-state index in [0.29, 0.717) is 12.2 Å². The van der Waals surface area contributed by atoms with Gasteiger partial charge in [-0.05, 0) is 37.1 Å². The molecule has 1 fully saturated rings. The van der Waals surface area contributed by atoms with Crippen LogP contribution in [0.4, 0.5) is 5.69 Å². The fourth-order valence-corrected chi connectivity index (χ4v) is 3.81. The van der Waals surface area contributed by atoms with Crippen LogP contribution < -0.4 is 10.5 Å². The van der Waals surface area contributed by atoms with Gasteiger partial charge in [0.05, 0.1) is 11.8 Å². The number of nitrogens with two attached hydrogens (primary N) is 1. The molecule has 102 valence electrons. The van der Waals surface area contributed by atoms with E-state index in [1.807, 2.05) is 0 Å². The molecular weight excluding hydrogens is 260 g/mol. The Labute approximate surface area is 114 Å². The van der Waals surface area contributed by atoms with Crippen molar-refractivity contribution in [3.8, 4) is 11.8 Å². The van der Waals surface area contributed by atoms with E-state index in [4.69, 9.17) is 5.73 Å². The van der Waals surface area contributed by atoms with E-state index >= 15 is 0 Å². The maximum atomic E-state index is 12.1. The summed E-state index contributed by atoms with van der Waals surface area (Å²) in [6, 6.07) is 7.03. The van der Waals surface area contributed by atoms with Crippen molar-refractivity contribution < 1.29 is 8.42 Å². The summed E-state index contributed by atoms with van der Waals surface area (Å²) in [5.41, 5.74) is 6.71. The lowest BCUT2D eigenvalue weighted by Crippen LogP contribution is -2.25. The van der Waals surface area contributed by atoms with E-state index in [1.165, 1.54) is 0 Å². The zero-order valence-electron chi connectivity index (χ0n) is 10.7. The Morgan fingerprint density at radius 1 is 1.21 bits per heavy atom. The number of benzene rings is 1. The standard InChI is InChI=1S/C14H18N2O2S/c15-11-3-4-12-7-9-13(10-8-12)16-19(17,18)14-5-1-2-6-14/h7-10,14,16H,1-2,5-6,11,15H2. The largest absolute Gasteiger partial charge is 0.320 e. The molecule has 0 bridgehead atoms. The van der Waals surface area contributed by atoms with Crippen LogP contribution in [0.3, 0.4) is 0 Å². The molecule has 1 aliphatic carbocycles. The first-order valence-corrected chi connectivity index (χ1v) is 7.97. The third-order valence-corrected chi connectivity index (χ3v) is 5.09. The third-order valence-electron chi connectivity index (χ3n) is 3.22. The Balaban J connectivity index is 2.06. The first-order chi connectivity index (χ1) is 9.12. The van der Waals surface area contributed by atoms with Crippen LogP contribution in [0.5, 0.6) is 0 Å². The first-order valence-electron chi connectivity index (χ1n) is 6.42. The van der Waals surface area contributed by atoms with Gasteiger partial charge in [-0.1, -0.05) is 24.7 Å². The molecule has 0 heterocycles. The van der Waals surface area contributed by atoms with E-state index in [1.54, 1.807) is 24.3 Å². The summed E-state index contributed by atoms with van der Waals surface area (Å²) in [7, 11) is -3.25. The normalized spacial score (nSPS) is 15.8. The summed E-state index contributed by atoms with van der Waals surface area (Å²) < 4.78 is 26.9. The predicted octanol–water partition coefficient (Wildman–Crippen LogP) is 1.68. The van der Waals surface area contributed by atoms with Crippen molar-refractivity contribution in [1.29, 1.82) is 0 Å². The fraction of sp³-hybridized carbons (Fsp3) is 0.429. The van der Waals surface area contributed by atoms with Crippen LogP contribution in [-0.2, 0) is 10.0 Å². The van der Waals surface area contributed by atoms with Crippen LogP contribution in [0.1, 0.15) is 31.2 Å². The molecule has 0 radical (unpaired) electrons. The lowest BCUT2D eigenvalue weighted by Gasteiger charge is -2.13. The highest BCUT2D eigenvalue weighted by Crippen LogP contribution is 2.26.